The van der Waals surface area contributed by atoms with E-state index in [4.69, 9.17) is 0 Å². The van der Waals surface area contributed by atoms with Gasteiger partial charge in [0.25, 0.3) is 5.56 Å². The summed E-state index contributed by atoms with van der Waals surface area (Å²) in [6, 6.07) is 0.963. The first kappa shape index (κ1) is 13.6. The Balaban J connectivity index is 2.02. The second-order valence-corrected chi connectivity index (χ2v) is 5.72. The van der Waals surface area contributed by atoms with Gasteiger partial charge < -0.3 is 15.4 Å². The van der Waals surface area contributed by atoms with E-state index in [2.05, 4.69) is 20.3 Å². The minimum Gasteiger partial charge on any atom is -0.493 e. The first-order valence-electron chi connectivity index (χ1n) is 5.22. The highest BCUT2D eigenvalue weighted by atomic mass is 32.2. The maximum absolute atomic E-state index is 11.8. The molecule has 0 aromatic carbocycles. The molecule has 0 aliphatic heterocycles. The largest absolute Gasteiger partial charge is 0.493 e. The van der Waals surface area contributed by atoms with Gasteiger partial charge in [0.1, 0.15) is 0 Å². The Morgan fingerprint density at radius 2 is 2.42 bits per heavy atom. The molecule has 0 aliphatic carbocycles. The van der Waals surface area contributed by atoms with Crippen LogP contribution in [-0.4, -0.2) is 31.2 Å². The first-order valence-corrected chi connectivity index (χ1v) is 6.98. The van der Waals surface area contributed by atoms with E-state index in [-0.39, 0.29) is 16.9 Å². The third kappa shape index (κ3) is 3.80. The van der Waals surface area contributed by atoms with Crippen molar-refractivity contribution in [2.24, 2.45) is 0 Å². The number of thiazole rings is 1. The van der Waals surface area contributed by atoms with Crippen LogP contribution in [0.3, 0.4) is 0 Å². The van der Waals surface area contributed by atoms with E-state index < -0.39 is 10.8 Å². The molecule has 1 atom stereocenters. The van der Waals surface area contributed by atoms with Gasteiger partial charge in [0.05, 0.1) is 11.3 Å². The summed E-state index contributed by atoms with van der Waals surface area (Å²) >= 11 is 2.35. The standard InChI is InChI=1S/C10H10N4O3S2/c1-5(8(17)14-9-11-2-3-18-9)19-10-12-6(15)4-7(16)13-10/h2-5H,1H3,(H,11,14,17)(H2,12,13,15,16)/t5-/m1/s1. The predicted molar refractivity (Wildman–Crippen MR) is 72.6 cm³/mol. The maximum atomic E-state index is 11.8. The molecule has 7 nitrogen and oxygen atoms in total. The molecule has 0 unspecified atom stereocenters. The zero-order chi connectivity index (χ0) is 13.8. The van der Waals surface area contributed by atoms with E-state index in [0.29, 0.717) is 5.13 Å². The minimum atomic E-state index is -0.492. The SMILES string of the molecule is C[C@@H](Sc1nc(O)cc(=O)[nH]1)C(=O)Nc1nccs1. The number of aromatic hydroxyl groups is 1. The van der Waals surface area contributed by atoms with E-state index >= 15 is 0 Å². The molecule has 0 radical (unpaired) electrons. The number of nitrogens with one attached hydrogen (secondary N) is 2. The van der Waals surface area contributed by atoms with Crippen molar-refractivity contribution in [2.75, 3.05) is 5.32 Å². The molecule has 0 bridgehead atoms. The molecule has 2 aromatic heterocycles. The van der Waals surface area contributed by atoms with Crippen molar-refractivity contribution in [1.82, 2.24) is 15.0 Å². The van der Waals surface area contributed by atoms with Crippen molar-refractivity contribution in [3.63, 3.8) is 0 Å². The lowest BCUT2D eigenvalue weighted by atomic mass is 10.4. The smallest absolute Gasteiger partial charge is 0.255 e. The van der Waals surface area contributed by atoms with E-state index in [1.165, 1.54) is 11.3 Å². The molecule has 0 saturated carbocycles. The van der Waals surface area contributed by atoms with E-state index in [0.717, 1.165) is 17.8 Å². The zero-order valence-electron chi connectivity index (χ0n) is 9.78. The summed E-state index contributed by atoms with van der Waals surface area (Å²) in [5, 5.41) is 13.8. The molecule has 0 aliphatic rings. The number of hydrogen-bond donors (Lipinski definition) is 3. The Bertz CT molecular complexity index is 626. The quantitative estimate of drug-likeness (QED) is 0.575. The molecule has 2 aromatic rings. The molecular weight excluding hydrogens is 288 g/mol. The number of nitrogens with zero attached hydrogens (tertiary/aromatic N) is 2. The lowest BCUT2D eigenvalue weighted by Crippen LogP contribution is -2.23. The topological polar surface area (TPSA) is 108 Å². The highest BCUT2D eigenvalue weighted by molar-refractivity contribution is 8.00. The number of amides is 1. The van der Waals surface area contributed by atoms with E-state index in [1.54, 1.807) is 18.5 Å². The Hall–Kier alpha value is -1.87. The van der Waals surface area contributed by atoms with Crippen LogP contribution in [0.2, 0.25) is 0 Å². The molecule has 3 N–H and O–H groups in total. The van der Waals surface area contributed by atoms with E-state index in [9.17, 15) is 14.7 Å². The number of aromatic nitrogens is 3. The van der Waals surface area contributed by atoms with Crippen LogP contribution in [0.25, 0.3) is 0 Å². The lowest BCUT2D eigenvalue weighted by molar-refractivity contribution is -0.115. The van der Waals surface area contributed by atoms with Crippen molar-refractivity contribution in [3.8, 4) is 5.88 Å². The Labute approximate surface area is 116 Å². The first-order chi connectivity index (χ1) is 9.04. The Morgan fingerprint density at radius 1 is 1.63 bits per heavy atom. The number of aromatic amines is 1. The monoisotopic (exact) mass is 298 g/mol. The van der Waals surface area contributed by atoms with E-state index in [1.807, 2.05) is 0 Å². The average Bonchev–Trinajstić information content (AvgIpc) is 2.80. The summed E-state index contributed by atoms with van der Waals surface area (Å²) < 4.78 is 0. The van der Waals surface area contributed by atoms with Crippen LogP contribution in [-0.2, 0) is 4.79 Å². The van der Waals surface area contributed by atoms with Crippen LogP contribution in [0.4, 0.5) is 5.13 Å². The van der Waals surface area contributed by atoms with Gasteiger partial charge in [-0.05, 0) is 6.92 Å². The van der Waals surface area contributed by atoms with Crippen LogP contribution in [0.5, 0.6) is 5.88 Å². The van der Waals surface area contributed by atoms with Gasteiger partial charge in [0, 0.05) is 11.6 Å². The van der Waals surface area contributed by atoms with Gasteiger partial charge in [-0.15, -0.1) is 11.3 Å². The molecule has 0 saturated heterocycles. The number of anilines is 1. The Kier molecular flexibility index (Phi) is 4.17. The fourth-order valence-corrected chi connectivity index (χ4v) is 2.53. The van der Waals surface area contributed by atoms with Gasteiger partial charge in [-0.2, -0.15) is 4.98 Å². The van der Waals surface area contributed by atoms with Gasteiger partial charge >= 0.3 is 0 Å². The summed E-state index contributed by atoms with van der Waals surface area (Å²) in [7, 11) is 0. The number of H-pyrrole nitrogens is 1. The second-order valence-electron chi connectivity index (χ2n) is 3.50. The highest BCUT2D eigenvalue weighted by Gasteiger charge is 2.17. The molecule has 9 heteroatoms. The molecule has 1 amide bonds. The number of carbonyl (C=O) groups is 1. The highest BCUT2D eigenvalue weighted by Crippen LogP contribution is 2.21. The second kappa shape index (κ2) is 5.85. The van der Waals surface area contributed by atoms with Gasteiger partial charge in [0.2, 0.25) is 11.8 Å². The van der Waals surface area contributed by atoms with Gasteiger partial charge in [-0.25, -0.2) is 4.98 Å². The summed E-state index contributed by atoms with van der Waals surface area (Å²) in [5.41, 5.74) is -0.470. The number of carbonyl (C=O) groups excluding carboxylic acids is 1. The predicted octanol–water partition coefficient (Wildman–Crippen LogP) is 1.05. The maximum Gasteiger partial charge on any atom is 0.255 e. The van der Waals surface area contributed by atoms with Gasteiger partial charge in [0.15, 0.2) is 10.3 Å². The summed E-state index contributed by atoms with van der Waals surface area (Å²) in [6.45, 7) is 1.66. The van der Waals surface area contributed by atoms with Crippen LogP contribution in [0, 0.1) is 0 Å². The molecule has 2 heterocycles. The fraction of sp³-hybridized carbons (Fsp3) is 0.200. The van der Waals surface area contributed by atoms with Crippen molar-refractivity contribution in [2.45, 2.75) is 17.3 Å². The number of rotatable bonds is 4. The normalized spacial score (nSPS) is 12.1. The van der Waals surface area contributed by atoms with Crippen molar-refractivity contribution < 1.29 is 9.90 Å². The third-order valence-corrected chi connectivity index (χ3v) is 3.70. The number of thioether (sulfide) groups is 1. The summed E-state index contributed by atoms with van der Waals surface area (Å²) in [6.07, 6.45) is 1.59. The molecule has 0 spiro atoms. The van der Waals surface area contributed by atoms with Crippen LogP contribution >= 0.6 is 23.1 Å². The van der Waals surface area contributed by atoms with Crippen LogP contribution in [0.15, 0.2) is 27.6 Å². The molecule has 19 heavy (non-hydrogen) atoms. The third-order valence-electron chi connectivity index (χ3n) is 2.03. The van der Waals surface area contributed by atoms with Crippen molar-refractivity contribution >= 4 is 34.1 Å². The van der Waals surface area contributed by atoms with Gasteiger partial charge in [-0.3, -0.25) is 9.59 Å². The lowest BCUT2D eigenvalue weighted by Gasteiger charge is -2.09. The van der Waals surface area contributed by atoms with Crippen LogP contribution in [0.1, 0.15) is 6.92 Å². The minimum absolute atomic E-state index is 0.187. The average molecular weight is 298 g/mol. The molecule has 0 fully saturated rings. The molecule has 100 valence electrons. The van der Waals surface area contributed by atoms with Crippen molar-refractivity contribution in [3.05, 3.63) is 28.0 Å². The summed E-state index contributed by atoms with van der Waals surface area (Å²) in [5.74, 6) is -0.635. The number of hydrogen-bond acceptors (Lipinski definition) is 7. The molecular formula is C10H10N4O3S2. The molecule has 2 rings (SSSR count). The fourth-order valence-electron chi connectivity index (χ4n) is 1.19. The van der Waals surface area contributed by atoms with Gasteiger partial charge in [-0.1, -0.05) is 11.8 Å². The zero-order valence-corrected chi connectivity index (χ0v) is 11.4. The van der Waals surface area contributed by atoms with Crippen molar-refractivity contribution in [1.29, 1.82) is 0 Å². The van der Waals surface area contributed by atoms with Crippen LogP contribution < -0.4 is 10.9 Å². The Morgan fingerprint density at radius 3 is 3.05 bits per heavy atom. The summed E-state index contributed by atoms with van der Waals surface area (Å²) in [4.78, 5) is 33.1.